The van der Waals surface area contributed by atoms with Crippen LogP contribution in [0.4, 0.5) is 5.69 Å². The molecule has 1 aromatic rings. The van der Waals surface area contributed by atoms with Crippen molar-refractivity contribution in [2.75, 3.05) is 26.2 Å². The molecule has 3 rings (SSSR count). The van der Waals surface area contributed by atoms with E-state index in [4.69, 9.17) is 0 Å². The molecule has 8 heteroatoms. The van der Waals surface area contributed by atoms with Gasteiger partial charge >= 0.3 is 0 Å². The van der Waals surface area contributed by atoms with Gasteiger partial charge in [-0.3, -0.25) is 10.1 Å². The first-order valence-electron chi connectivity index (χ1n) is 7.39. The number of piperidine rings is 1. The summed E-state index contributed by atoms with van der Waals surface area (Å²) < 4.78 is 27.1. The third kappa shape index (κ3) is 2.62. The lowest BCUT2D eigenvalue weighted by Gasteiger charge is -2.39. The van der Waals surface area contributed by atoms with Crippen LogP contribution >= 0.6 is 0 Å². The number of rotatable bonds is 3. The number of hydrogen-bond acceptors (Lipinski definition) is 5. The van der Waals surface area contributed by atoms with E-state index >= 15 is 0 Å². The normalized spacial score (nSPS) is 26.4. The Bertz CT molecular complexity index is 683. The molecule has 1 atom stereocenters. The van der Waals surface area contributed by atoms with Gasteiger partial charge in [0.05, 0.1) is 4.92 Å². The van der Waals surface area contributed by atoms with Gasteiger partial charge in [0.1, 0.15) is 0 Å². The molecular weight excluding hydrogens is 306 g/mol. The lowest BCUT2D eigenvalue weighted by molar-refractivity contribution is -0.387. The van der Waals surface area contributed by atoms with Crippen LogP contribution in [0.1, 0.15) is 19.3 Å². The van der Waals surface area contributed by atoms with Crippen molar-refractivity contribution in [2.24, 2.45) is 5.41 Å². The van der Waals surface area contributed by atoms with Gasteiger partial charge in [-0.05, 0) is 37.3 Å². The van der Waals surface area contributed by atoms with Crippen LogP contribution in [0, 0.1) is 15.5 Å². The summed E-state index contributed by atoms with van der Waals surface area (Å²) in [5, 5.41) is 14.4. The van der Waals surface area contributed by atoms with E-state index in [9.17, 15) is 18.5 Å². The number of nitrogens with zero attached hydrogens (tertiary/aromatic N) is 2. The second-order valence-electron chi connectivity index (χ2n) is 6.09. The maximum atomic E-state index is 12.9. The highest BCUT2D eigenvalue weighted by atomic mass is 32.2. The molecule has 0 radical (unpaired) electrons. The van der Waals surface area contributed by atoms with E-state index in [1.165, 1.54) is 28.6 Å². The maximum absolute atomic E-state index is 12.9. The van der Waals surface area contributed by atoms with Crippen LogP contribution in [-0.4, -0.2) is 43.8 Å². The molecule has 2 saturated heterocycles. The zero-order valence-corrected chi connectivity index (χ0v) is 13.0. The van der Waals surface area contributed by atoms with Crippen LogP contribution in [0.3, 0.4) is 0 Å². The van der Waals surface area contributed by atoms with Crippen LogP contribution in [0.25, 0.3) is 0 Å². The van der Waals surface area contributed by atoms with Crippen molar-refractivity contribution in [1.82, 2.24) is 9.62 Å². The van der Waals surface area contributed by atoms with Crippen molar-refractivity contribution < 1.29 is 13.3 Å². The highest BCUT2D eigenvalue weighted by Crippen LogP contribution is 2.38. The molecule has 0 aliphatic carbocycles. The summed E-state index contributed by atoms with van der Waals surface area (Å²) in [7, 11) is -3.84. The number of nitro benzene ring substituents is 1. The molecule has 0 amide bonds. The van der Waals surface area contributed by atoms with Gasteiger partial charge in [-0.15, -0.1) is 0 Å². The van der Waals surface area contributed by atoms with Crippen molar-refractivity contribution in [3.63, 3.8) is 0 Å². The van der Waals surface area contributed by atoms with Crippen molar-refractivity contribution in [3.8, 4) is 0 Å². The van der Waals surface area contributed by atoms with E-state index in [2.05, 4.69) is 5.32 Å². The van der Waals surface area contributed by atoms with Gasteiger partial charge < -0.3 is 5.32 Å². The molecule has 120 valence electrons. The average Bonchev–Trinajstić information content (AvgIpc) is 2.95. The summed E-state index contributed by atoms with van der Waals surface area (Å²) in [6.45, 7) is 2.58. The van der Waals surface area contributed by atoms with Crippen molar-refractivity contribution in [3.05, 3.63) is 34.4 Å². The zero-order chi connectivity index (χ0) is 15.8. The van der Waals surface area contributed by atoms with Gasteiger partial charge in [0.2, 0.25) is 10.0 Å². The predicted molar refractivity (Wildman–Crippen MR) is 81.0 cm³/mol. The van der Waals surface area contributed by atoms with Gasteiger partial charge in [-0.25, -0.2) is 8.42 Å². The van der Waals surface area contributed by atoms with E-state index in [0.717, 1.165) is 32.4 Å². The molecule has 0 saturated carbocycles. The molecule has 2 heterocycles. The molecule has 22 heavy (non-hydrogen) atoms. The number of sulfonamides is 1. The van der Waals surface area contributed by atoms with Crippen LogP contribution in [0.2, 0.25) is 0 Å². The van der Waals surface area contributed by atoms with Crippen LogP contribution in [-0.2, 0) is 10.0 Å². The largest absolute Gasteiger partial charge is 0.316 e. The Morgan fingerprint density at radius 1 is 1.27 bits per heavy atom. The van der Waals surface area contributed by atoms with Gasteiger partial charge in [0, 0.05) is 25.7 Å². The number of nitrogens with one attached hydrogen (secondary N) is 1. The Balaban J connectivity index is 1.95. The SMILES string of the molecule is O=[N+]([O-])c1ccccc1S(=O)(=O)N1CCCC2(CCNC2)C1. The first kappa shape index (κ1) is 15.4. The summed E-state index contributed by atoms with van der Waals surface area (Å²) in [4.78, 5) is 10.3. The minimum atomic E-state index is -3.84. The molecule has 7 nitrogen and oxygen atoms in total. The zero-order valence-electron chi connectivity index (χ0n) is 12.2. The predicted octanol–water partition coefficient (Wildman–Crippen LogP) is 1.36. The lowest BCUT2D eigenvalue weighted by Crippen LogP contribution is -2.47. The van der Waals surface area contributed by atoms with Crippen molar-refractivity contribution >= 4 is 15.7 Å². The number of hydrogen-bond donors (Lipinski definition) is 1. The standard InChI is InChI=1S/C14H19N3O4S/c18-17(19)12-4-1-2-5-13(12)22(20,21)16-9-3-6-14(11-16)7-8-15-10-14/h1-2,4-5,15H,3,6-11H2. The fraction of sp³-hybridized carbons (Fsp3) is 0.571. The van der Waals surface area contributed by atoms with Crippen LogP contribution in [0.15, 0.2) is 29.2 Å². The number of benzene rings is 1. The van der Waals surface area contributed by atoms with Crippen LogP contribution in [0.5, 0.6) is 0 Å². The molecule has 0 aromatic heterocycles. The highest BCUT2D eigenvalue weighted by molar-refractivity contribution is 7.89. The fourth-order valence-corrected chi connectivity index (χ4v) is 5.23. The van der Waals surface area contributed by atoms with Crippen molar-refractivity contribution in [1.29, 1.82) is 0 Å². The second-order valence-corrected chi connectivity index (χ2v) is 8.00. The highest BCUT2D eigenvalue weighted by Gasteiger charge is 2.43. The Morgan fingerprint density at radius 2 is 2.05 bits per heavy atom. The summed E-state index contributed by atoms with van der Waals surface area (Å²) in [6.07, 6.45) is 2.75. The molecule has 1 spiro atoms. The van der Waals surface area contributed by atoms with Crippen molar-refractivity contribution in [2.45, 2.75) is 24.2 Å². The van der Waals surface area contributed by atoms with Crippen LogP contribution < -0.4 is 5.32 Å². The maximum Gasteiger partial charge on any atom is 0.289 e. The molecule has 2 aliphatic heterocycles. The van der Waals surface area contributed by atoms with Gasteiger partial charge in [-0.1, -0.05) is 12.1 Å². The molecule has 1 aromatic carbocycles. The Labute approximate surface area is 129 Å². The molecule has 2 aliphatic rings. The van der Waals surface area contributed by atoms with E-state index in [-0.39, 0.29) is 16.0 Å². The first-order valence-corrected chi connectivity index (χ1v) is 8.83. The molecule has 0 bridgehead atoms. The van der Waals surface area contributed by atoms with E-state index < -0.39 is 14.9 Å². The minimum Gasteiger partial charge on any atom is -0.316 e. The molecular formula is C14H19N3O4S. The third-order valence-corrected chi connectivity index (χ3v) is 6.53. The second kappa shape index (κ2) is 5.60. The first-order chi connectivity index (χ1) is 10.4. The number of nitro groups is 1. The summed E-state index contributed by atoms with van der Waals surface area (Å²) in [5.41, 5.74) is -0.374. The van der Waals surface area contributed by atoms with E-state index in [1.807, 2.05) is 0 Å². The number of para-hydroxylation sites is 1. The third-order valence-electron chi connectivity index (χ3n) is 4.64. The summed E-state index contributed by atoms with van der Waals surface area (Å²) in [5.74, 6) is 0. The summed E-state index contributed by atoms with van der Waals surface area (Å²) >= 11 is 0. The topological polar surface area (TPSA) is 92.5 Å². The summed E-state index contributed by atoms with van der Waals surface area (Å²) in [6, 6.07) is 5.57. The van der Waals surface area contributed by atoms with Gasteiger partial charge in [-0.2, -0.15) is 4.31 Å². The Hall–Kier alpha value is -1.51. The average molecular weight is 325 g/mol. The minimum absolute atomic E-state index is 0.0190. The Kier molecular flexibility index (Phi) is 3.92. The molecule has 1 N–H and O–H groups in total. The Morgan fingerprint density at radius 3 is 2.73 bits per heavy atom. The molecule has 2 fully saturated rings. The van der Waals surface area contributed by atoms with Gasteiger partial charge in [0.15, 0.2) is 4.90 Å². The quantitative estimate of drug-likeness (QED) is 0.669. The van der Waals surface area contributed by atoms with E-state index in [0.29, 0.717) is 13.1 Å². The van der Waals surface area contributed by atoms with Gasteiger partial charge in [0.25, 0.3) is 5.69 Å². The lowest BCUT2D eigenvalue weighted by atomic mass is 9.80. The smallest absolute Gasteiger partial charge is 0.289 e. The fourth-order valence-electron chi connectivity index (χ4n) is 3.48. The molecule has 1 unspecified atom stereocenters. The monoisotopic (exact) mass is 325 g/mol. The van der Waals surface area contributed by atoms with E-state index in [1.54, 1.807) is 0 Å².